The van der Waals surface area contributed by atoms with E-state index in [0.29, 0.717) is 12.0 Å². The predicted molar refractivity (Wildman–Crippen MR) is 87.0 cm³/mol. The summed E-state index contributed by atoms with van der Waals surface area (Å²) in [5.74, 6) is 0.604. The van der Waals surface area contributed by atoms with Gasteiger partial charge in [0.1, 0.15) is 0 Å². The largest absolute Gasteiger partial charge is 0.381 e. The summed E-state index contributed by atoms with van der Waals surface area (Å²) in [5, 5.41) is 0.804. The lowest BCUT2D eigenvalue weighted by atomic mass is 9.97. The van der Waals surface area contributed by atoms with Gasteiger partial charge in [-0.15, -0.1) is 0 Å². The van der Waals surface area contributed by atoms with E-state index in [1.54, 1.807) is 0 Å². The molecule has 4 nitrogen and oxygen atoms in total. The van der Waals surface area contributed by atoms with E-state index in [0.717, 1.165) is 57.4 Å². The zero-order valence-electron chi connectivity index (χ0n) is 12.4. The van der Waals surface area contributed by atoms with E-state index in [2.05, 4.69) is 15.9 Å². The van der Waals surface area contributed by atoms with Crippen molar-refractivity contribution in [3.63, 3.8) is 0 Å². The molecule has 2 saturated heterocycles. The van der Waals surface area contributed by atoms with Crippen LogP contribution in [0.5, 0.6) is 0 Å². The molecule has 2 fully saturated rings. The smallest absolute Gasteiger partial charge is 0.0510 e. The van der Waals surface area contributed by atoms with Crippen LogP contribution < -0.4 is 10.6 Å². The van der Waals surface area contributed by atoms with Gasteiger partial charge in [-0.05, 0) is 24.6 Å². The maximum atomic E-state index is 6.08. The van der Waals surface area contributed by atoms with Crippen molar-refractivity contribution in [1.82, 2.24) is 4.90 Å². The van der Waals surface area contributed by atoms with Crippen molar-refractivity contribution in [2.24, 2.45) is 11.7 Å². The normalized spacial score (nSPS) is 25.2. The van der Waals surface area contributed by atoms with Crippen LogP contribution in [-0.2, 0) is 4.74 Å². The first-order chi connectivity index (χ1) is 10.3. The van der Waals surface area contributed by atoms with Crippen molar-refractivity contribution in [2.45, 2.75) is 12.5 Å². The van der Waals surface area contributed by atoms with Crippen LogP contribution in [0.1, 0.15) is 6.42 Å². The van der Waals surface area contributed by atoms with Crippen LogP contribution in [0, 0.1) is 5.92 Å². The molecule has 2 aliphatic heterocycles. The molecule has 5 heteroatoms. The molecule has 0 aromatic heterocycles. The molecule has 21 heavy (non-hydrogen) atoms. The maximum absolute atomic E-state index is 6.08. The maximum Gasteiger partial charge on any atom is 0.0510 e. The van der Waals surface area contributed by atoms with E-state index in [1.807, 2.05) is 18.2 Å². The first-order valence-electron chi connectivity index (χ1n) is 7.80. The van der Waals surface area contributed by atoms with Crippen molar-refractivity contribution in [1.29, 1.82) is 0 Å². The van der Waals surface area contributed by atoms with Gasteiger partial charge in [0.05, 0.1) is 6.61 Å². The molecule has 0 saturated carbocycles. The number of halogens is 1. The Hall–Kier alpha value is -0.810. The number of hydrogen-bond acceptors (Lipinski definition) is 4. The Balaban J connectivity index is 1.59. The predicted octanol–water partition coefficient (Wildman–Crippen LogP) is 1.83. The third-order valence-electron chi connectivity index (χ3n) is 4.71. The van der Waals surface area contributed by atoms with Gasteiger partial charge in [-0.25, -0.2) is 0 Å². The van der Waals surface area contributed by atoms with Crippen molar-refractivity contribution in [2.75, 3.05) is 50.8 Å². The summed E-state index contributed by atoms with van der Waals surface area (Å²) in [6.07, 6.45) is 1.15. The highest BCUT2D eigenvalue weighted by molar-refractivity contribution is 6.30. The molecule has 3 rings (SSSR count). The number of anilines is 1. The Morgan fingerprint density at radius 1 is 1.29 bits per heavy atom. The molecule has 2 aliphatic rings. The van der Waals surface area contributed by atoms with Gasteiger partial charge in [0.25, 0.3) is 0 Å². The molecule has 2 atom stereocenters. The van der Waals surface area contributed by atoms with Gasteiger partial charge in [0, 0.05) is 62.0 Å². The monoisotopic (exact) mass is 309 g/mol. The number of rotatable bonds is 4. The standard InChI is InChI=1S/C16H24ClN3O/c17-14-2-1-3-15(10-14)19-5-7-20(8-6-19)16(11-18)13-4-9-21-12-13/h1-3,10,13,16H,4-9,11-12,18H2. The lowest BCUT2D eigenvalue weighted by Gasteiger charge is -2.41. The van der Waals surface area contributed by atoms with Crippen LogP contribution in [-0.4, -0.2) is 56.9 Å². The molecule has 0 spiro atoms. The van der Waals surface area contributed by atoms with E-state index < -0.39 is 0 Å². The van der Waals surface area contributed by atoms with Crippen molar-refractivity contribution >= 4 is 17.3 Å². The summed E-state index contributed by atoms with van der Waals surface area (Å²) in [5.41, 5.74) is 7.24. The highest BCUT2D eigenvalue weighted by Gasteiger charge is 2.31. The van der Waals surface area contributed by atoms with Crippen molar-refractivity contribution in [3.05, 3.63) is 29.3 Å². The first-order valence-corrected chi connectivity index (χ1v) is 8.18. The third-order valence-corrected chi connectivity index (χ3v) is 4.94. The average Bonchev–Trinajstić information content (AvgIpc) is 3.03. The van der Waals surface area contributed by atoms with Gasteiger partial charge in [-0.1, -0.05) is 17.7 Å². The van der Waals surface area contributed by atoms with E-state index in [9.17, 15) is 0 Å². The van der Waals surface area contributed by atoms with E-state index in [1.165, 1.54) is 5.69 Å². The lowest BCUT2D eigenvalue weighted by Crippen LogP contribution is -2.55. The van der Waals surface area contributed by atoms with Crippen LogP contribution in [0.3, 0.4) is 0 Å². The Bertz CT molecular complexity index is 457. The number of nitrogens with zero attached hydrogens (tertiary/aromatic N) is 2. The Kier molecular flexibility index (Phi) is 5.01. The minimum Gasteiger partial charge on any atom is -0.381 e. The number of piperazine rings is 1. The lowest BCUT2D eigenvalue weighted by molar-refractivity contribution is 0.117. The molecule has 2 N–H and O–H groups in total. The molecule has 0 bridgehead atoms. The number of benzene rings is 1. The summed E-state index contributed by atoms with van der Waals surface area (Å²) in [6.45, 7) is 6.68. The van der Waals surface area contributed by atoms with E-state index >= 15 is 0 Å². The zero-order chi connectivity index (χ0) is 14.7. The van der Waals surface area contributed by atoms with Gasteiger partial charge < -0.3 is 15.4 Å². The Morgan fingerprint density at radius 3 is 2.71 bits per heavy atom. The van der Waals surface area contributed by atoms with Crippen LogP contribution >= 0.6 is 11.6 Å². The molecule has 1 aromatic rings. The van der Waals surface area contributed by atoms with E-state index in [-0.39, 0.29) is 0 Å². The Labute approximate surface area is 131 Å². The quantitative estimate of drug-likeness (QED) is 0.921. The highest BCUT2D eigenvalue weighted by atomic mass is 35.5. The third kappa shape index (κ3) is 3.51. The highest BCUT2D eigenvalue weighted by Crippen LogP contribution is 2.24. The van der Waals surface area contributed by atoms with Crippen molar-refractivity contribution in [3.8, 4) is 0 Å². The molecule has 0 amide bonds. The summed E-state index contributed by atoms with van der Waals surface area (Å²) < 4.78 is 5.53. The van der Waals surface area contributed by atoms with E-state index in [4.69, 9.17) is 22.1 Å². The first kappa shape index (κ1) is 15.1. The molecule has 2 unspecified atom stereocenters. The molecular weight excluding hydrogens is 286 g/mol. The molecule has 1 aromatic carbocycles. The van der Waals surface area contributed by atoms with Gasteiger partial charge in [-0.2, -0.15) is 0 Å². The zero-order valence-corrected chi connectivity index (χ0v) is 13.1. The molecule has 116 valence electrons. The van der Waals surface area contributed by atoms with Gasteiger partial charge >= 0.3 is 0 Å². The second-order valence-corrected chi connectivity index (χ2v) is 6.37. The van der Waals surface area contributed by atoms with Gasteiger partial charge in [-0.3, -0.25) is 4.90 Å². The van der Waals surface area contributed by atoms with Crippen molar-refractivity contribution < 1.29 is 4.74 Å². The van der Waals surface area contributed by atoms with Gasteiger partial charge in [0.15, 0.2) is 0 Å². The second-order valence-electron chi connectivity index (χ2n) is 5.93. The molecular formula is C16H24ClN3O. The number of ether oxygens (including phenoxy) is 1. The van der Waals surface area contributed by atoms with Gasteiger partial charge in [0.2, 0.25) is 0 Å². The summed E-state index contributed by atoms with van der Waals surface area (Å²) in [6, 6.07) is 8.58. The van der Waals surface area contributed by atoms with Crippen LogP contribution in [0.2, 0.25) is 5.02 Å². The summed E-state index contributed by atoms with van der Waals surface area (Å²) in [4.78, 5) is 4.95. The minimum absolute atomic E-state index is 0.467. The molecule has 0 radical (unpaired) electrons. The summed E-state index contributed by atoms with van der Waals surface area (Å²) in [7, 11) is 0. The Morgan fingerprint density at radius 2 is 2.10 bits per heavy atom. The van der Waals surface area contributed by atoms with Crippen LogP contribution in [0.4, 0.5) is 5.69 Å². The number of hydrogen-bond donors (Lipinski definition) is 1. The fraction of sp³-hybridized carbons (Fsp3) is 0.625. The fourth-order valence-corrected chi connectivity index (χ4v) is 3.66. The number of nitrogens with two attached hydrogens (primary N) is 1. The second kappa shape index (κ2) is 6.97. The average molecular weight is 310 g/mol. The summed E-state index contributed by atoms with van der Waals surface area (Å²) >= 11 is 6.08. The fourth-order valence-electron chi connectivity index (χ4n) is 3.48. The SMILES string of the molecule is NCC(C1CCOC1)N1CCN(c2cccc(Cl)c2)CC1. The van der Waals surface area contributed by atoms with Crippen LogP contribution in [0.25, 0.3) is 0 Å². The molecule has 2 heterocycles. The minimum atomic E-state index is 0.467. The molecule has 0 aliphatic carbocycles. The topological polar surface area (TPSA) is 41.7 Å². The van der Waals surface area contributed by atoms with Crippen LogP contribution in [0.15, 0.2) is 24.3 Å².